The first-order valence-electron chi connectivity index (χ1n) is 10.3. The third-order valence-corrected chi connectivity index (χ3v) is 4.91. The first-order valence-corrected chi connectivity index (χ1v) is 10.3. The molecule has 0 fully saturated rings. The summed E-state index contributed by atoms with van der Waals surface area (Å²) in [5.41, 5.74) is 5.07. The van der Waals surface area contributed by atoms with Crippen LogP contribution in [0, 0.1) is 0 Å². The van der Waals surface area contributed by atoms with E-state index < -0.39 is 0 Å². The SMILES string of the molecule is COc1cccc(N=C(C(=Nc2cccc(OC)c2)c2ccccc2)c2ccccc2)c1. The van der Waals surface area contributed by atoms with E-state index in [1.54, 1.807) is 14.2 Å². The molecule has 0 aliphatic heterocycles. The van der Waals surface area contributed by atoms with Gasteiger partial charge in [-0.1, -0.05) is 72.8 Å². The van der Waals surface area contributed by atoms with Crippen molar-refractivity contribution >= 4 is 22.8 Å². The van der Waals surface area contributed by atoms with Gasteiger partial charge in [-0.2, -0.15) is 0 Å². The van der Waals surface area contributed by atoms with Crippen LogP contribution in [0.3, 0.4) is 0 Å². The maximum Gasteiger partial charge on any atom is 0.121 e. The predicted molar refractivity (Wildman–Crippen MR) is 131 cm³/mol. The van der Waals surface area contributed by atoms with Crippen LogP contribution in [0.4, 0.5) is 11.4 Å². The van der Waals surface area contributed by atoms with Gasteiger partial charge in [-0.25, -0.2) is 9.98 Å². The fourth-order valence-electron chi connectivity index (χ4n) is 3.32. The molecule has 0 aliphatic carbocycles. The Hall–Kier alpha value is -4.18. The van der Waals surface area contributed by atoms with Crippen LogP contribution < -0.4 is 9.47 Å². The highest BCUT2D eigenvalue weighted by Crippen LogP contribution is 2.25. The minimum absolute atomic E-state index is 0.754. The summed E-state index contributed by atoms with van der Waals surface area (Å²) < 4.78 is 10.8. The summed E-state index contributed by atoms with van der Waals surface area (Å²) in [6.45, 7) is 0. The largest absolute Gasteiger partial charge is 0.497 e. The van der Waals surface area contributed by atoms with Gasteiger partial charge in [0, 0.05) is 23.3 Å². The standard InChI is InChI=1S/C28H24N2O2/c1-31-25-17-9-15-23(19-25)29-27(21-11-5-3-6-12-21)28(22-13-7-4-8-14-22)30-24-16-10-18-26(20-24)32-2/h3-20H,1-2H3. The molecular formula is C28H24N2O2. The fourth-order valence-corrected chi connectivity index (χ4v) is 3.32. The number of hydrogen-bond acceptors (Lipinski definition) is 4. The van der Waals surface area contributed by atoms with Crippen LogP contribution in [0.2, 0.25) is 0 Å². The number of nitrogens with zero attached hydrogens (tertiary/aromatic N) is 2. The molecule has 0 saturated heterocycles. The highest BCUT2D eigenvalue weighted by molar-refractivity contribution is 6.54. The Morgan fingerprint density at radius 2 is 0.906 bits per heavy atom. The Balaban J connectivity index is 1.94. The molecule has 0 atom stereocenters. The minimum Gasteiger partial charge on any atom is -0.497 e. The Labute approximate surface area is 188 Å². The first kappa shape index (κ1) is 21.1. The molecule has 4 aromatic rings. The van der Waals surface area contributed by atoms with E-state index in [0.29, 0.717) is 0 Å². The number of methoxy groups -OCH3 is 2. The molecule has 4 nitrogen and oxygen atoms in total. The molecule has 32 heavy (non-hydrogen) atoms. The van der Waals surface area contributed by atoms with Gasteiger partial charge in [0.15, 0.2) is 0 Å². The van der Waals surface area contributed by atoms with Crippen molar-refractivity contribution < 1.29 is 9.47 Å². The van der Waals surface area contributed by atoms with Crippen LogP contribution in [0.5, 0.6) is 11.5 Å². The summed E-state index contributed by atoms with van der Waals surface area (Å²) in [5.74, 6) is 1.51. The third-order valence-electron chi connectivity index (χ3n) is 4.91. The van der Waals surface area contributed by atoms with Crippen LogP contribution in [0.1, 0.15) is 11.1 Å². The lowest BCUT2D eigenvalue weighted by atomic mass is 9.99. The van der Waals surface area contributed by atoms with Gasteiger partial charge in [0.2, 0.25) is 0 Å². The number of hydrogen-bond donors (Lipinski definition) is 0. The summed E-state index contributed by atoms with van der Waals surface area (Å²) in [7, 11) is 3.31. The Bertz CT molecular complexity index is 1130. The predicted octanol–water partition coefficient (Wildman–Crippen LogP) is 6.65. The number of ether oxygens (including phenoxy) is 2. The number of aliphatic imine (C=N–C) groups is 2. The van der Waals surface area contributed by atoms with E-state index in [1.165, 1.54) is 0 Å². The van der Waals surface area contributed by atoms with Crippen molar-refractivity contribution in [2.24, 2.45) is 9.98 Å². The van der Waals surface area contributed by atoms with Crippen molar-refractivity contribution in [2.45, 2.75) is 0 Å². The minimum atomic E-state index is 0.754. The molecule has 4 aromatic carbocycles. The zero-order chi connectivity index (χ0) is 22.2. The van der Waals surface area contributed by atoms with E-state index >= 15 is 0 Å². The molecular weight excluding hydrogens is 396 g/mol. The molecule has 4 heteroatoms. The van der Waals surface area contributed by atoms with Crippen LogP contribution in [-0.4, -0.2) is 25.6 Å². The summed E-state index contributed by atoms with van der Waals surface area (Å²) in [4.78, 5) is 10.1. The van der Waals surface area contributed by atoms with Crippen LogP contribution >= 0.6 is 0 Å². The van der Waals surface area contributed by atoms with Crippen molar-refractivity contribution in [2.75, 3.05) is 14.2 Å². The number of benzene rings is 4. The topological polar surface area (TPSA) is 43.2 Å². The number of rotatable bonds is 7. The Morgan fingerprint density at radius 3 is 1.28 bits per heavy atom. The van der Waals surface area contributed by atoms with Gasteiger partial charge in [0.1, 0.15) is 11.5 Å². The second-order valence-electron chi connectivity index (χ2n) is 7.06. The van der Waals surface area contributed by atoms with Gasteiger partial charge in [0.05, 0.1) is 37.0 Å². The van der Waals surface area contributed by atoms with Crippen molar-refractivity contribution in [3.63, 3.8) is 0 Å². The molecule has 0 saturated carbocycles. The van der Waals surface area contributed by atoms with E-state index in [9.17, 15) is 0 Å². The molecule has 0 amide bonds. The summed E-state index contributed by atoms with van der Waals surface area (Å²) in [6, 6.07) is 35.6. The lowest BCUT2D eigenvalue weighted by Crippen LogP contribution is -2.17. The van der Waals surface area contributed by atoms with Crippen LogP contribution in [0.15, 0.2) is 119 Å². The van der Waals surface area contributed by atoms with Gasteiger partial charge in [-0.15, -0.1) is 0 Å². The van der Waals surface area contributed by atoms with Crippen molar-refractivity contribution in [3.05, 3.63) is 120 Å². The molecule has 0 spiro atoms. The molecule has 0 heterocycles. The first-order chi connectivity index (χ1) is 15.8. The van der Waals surface area contributed by atoms with Gasteiger partial charge in [-0.3, -0.25) is 0 Å². The molecule has 158 valence electrons. The van der Waals surface area contributed by atoms with E-state index in [1.807, 2.05) is 109 Å². The van der Waals surface area contributed by atoms with Gasteiger partial charge in [0.25, 0.3) is 0 Å². The second-order valence-corrected chi connectivity index (χ2v) is 7.06. The zero-order valence-corrected chi connectivity index (χ0v) is 18.1. The molecule has 0 N–H and O–H groups in total. The maximum absolute atomic E-state index is 5.40. The van der Waals surface area contributed by atoms with Gasteiger partial charge < -0.3 is 9.47 Å². The summed E-state index contributed by atoms with van der Waals surface area (Å²) >= 11 is 0. The van der Waals surface area contributed by atoms with Crippen molar-refractivity contribution in [1.29, 1.82) is 0 Å². The van der Waals surface area contributed by atoms with Crippen molar-refractivity contribution in [3.8, 4) is 11.5 Å². The second kappa shape index (κ2) is 10.2. The maximum atomic E-state index is 5.40. The van der Waals surface area contributed by atoms with Crippen LogP contribution in [0.25, 0.3) is 0 Å². The molecule has 0 aliphatic rings. The fraction of sp³-hybridized carbons (Fsp3) is 0.0714. The Morgan fingerprint density at radius 1 is 0.500 bits per heavy atom. The zero-order valence-electron chi connectivity index (χ0n) is 18.1. The monoisotopic (exact) mass is 420 g/mol. The normalized spacial score (nSPS) is 11.8. The average Bonchev–Trinajstić information content (AvgIpc) is 2.87. The molecule has 0 unspecified atom stereocenters. The average molecular weight is 421 g/mol. The molecule has 4 rings (SSSR count). The summed E-state index contributed by atoms with van der Waals surface area (Å²) in [6.07, 6.45) is 0. The van der Waals surface area contributed by atoms with Crippen LogP contribution in [-0.2, 0) is 0 Å². The lowest BCUT2D eigenvalue weighted by molar-refractivity contribution is 0.415. The molecule has 0 bridgehead atoms. The van der Waals surface area contributed by atoms with Crippen molar-refractivity contribution in [1.82, 2.24) is 0 Å². The highest BCUT2D eigenvalue weighted by Gasteiger charge is 2.15. The van der Waals surface area contributed by atoms with E-state index in [2.05, 4.69) is 0 Å². The summed E-state index contributed by atoms with van der Waals surface area (Å²) in [5, 5.41) is 0. The third kappa shape index (κ3) is 5.10. The highest BCUT2D eigenvalue weighted by atomic mass is 16.5. The molecule has 0 aromatic heterocycles. The lowest BCUT2D eigenvalue weighted by Gasteiger charge is -2.13. The van der Waals surface area contributed by atoms with Gasteiger partial charge >= 0.3 is 0 Å². The molecule has 0 radical (unpaired) electrons. The smallest absolute Gasteiger partial charge is 0.121 e. The quantitative estimate of drug-likeness (QED) is 0.314. The Kier molecular flexibility index (Phi) is 6.73. The van der Waals surface area contributed by atoms with E-state index in [4.69, 9.17) is 19.5 Å². The van der Waals surface area contributed by atoms with E-state index in [0.717, 1.165) is 45.4 Å². The van der Waals surface area contributed by atoms with Gasteiger partial charge in [-0.05, 0) is 24.3 Å². The van der Waals surface area contributed by atoms with E-state index in [-0.39, 0.29) is 0 Å².